The van der Waals surface area contributed by atoms with Crippen molar-refractivity contribution in [2.24, 2.45) is 0 Å². The van der Waals surface area contributed by atoms with Gasteiger partial charge in [0, 0.05) is 33.0 Å². The Kier molecular flexibility index (Phi) is 3.71. The fourth-order valence-electron chi connectivity index (χ4n) is 1.27. The number of amides is 1. The second kappa shape index (κ2) is 4.82. The van der Waals surface area contributed by atoms with Gasteiger partial charge in [-0.05, 0) is 6.42 Å². The van der Waals surface area contributed by atoms with Gasteiger partial charge in [-0.25, -0.2) is 4.79 Å². The highest BCUT2D eigenvalue weighted by Crippen LogP contribution is 1.90. The molecule has 0 atom stereocenters. The van der Waals surface area contributed by atoms with Crippen molar-refractivity contribution in [2.45, 2.75) is 26.4 Å². The third-order valence-corrected chi connectivity index (χ3v) is 2.19. The highest BCUT2D eigenvalue weighted by atomic mass is 16.2. The Morgan fingerprint density at radius 3 is 2.47 bits per heavy atom. The van der Waals surface area contributed by atoms with Crippen LogP contribution in [0, 0.1) is 0 Å². The number of hydrogen-bond acceptors (Lipinski definition) is 2. The van der Waals surface area contributed by atoms with E-state index in [-0.39, 0.29) is 18.1 Å². The number of aromatic nitrogens is 2. The predicted molar refractivity (Wildman–Crippen MR) is 57.7 cm³/mol. The summed E-state index contributed by atoms with van der Waals surface area (Å²) in [5.74, 6) is -0.0775. The molecule has 0 radical (unpaired) electrons. The van der Waals surface area contributed by atoms with Gasteiger partial charge >= 0.3 is 5.69 Å². The Bertz CT molecular complexity index is 390. The zero-order chi connectivity index (χ0) is 11.4. The lowest BCUT2D eigenvalue weighted by atomic mass is 10.5. The van der Waals surface area contributed by atoms with Crippen molar-refractivity contribution in [1.82, 2.24) is 14.0 Å². The van der Waals surface area contributed by atoms with Crippen LogP contribution in [0.15, 0.2) is 17.2 Å². The molecule has 0 fully saturated rings. The molecule has 1 rings (SSSR count). The molecule has 84 valence electrons. The maximum Gasteiger partial charge on any atom is 0.328 e. The predicted octanol–water partition coefficient (Wildman–Crippen LogP) is 0.148. The molecule has 0 aliphatic carbocycles. The number of hydrogen-bond donors (Lipinski definition) is 0. The third kappa shape index (κ3) is 2.71. The summed E-state index contributed by atoms with van der Waals surface area (Å²) >= 11 is 0. The first-order chi connectivity index (χ1) is 7.06. The van der Waals surface area contributed by atoms with E-state index in [1.807, 2.05) is 6.92 Å². The summed E-state index contributed by atoms with van der Waals surface area (Å²) in [7, 11) is 3.35. The fourth-order valence-corrected chi connectivity index (χ4v) is 1.27. The molecule has 1 heterocycles. The molecular formula is C10H17N3O2. The maximum atomic E-state index is 11.7. The molecule has 1 aromatic heterocycles. The minimum atomic E-state index is -0.118. The second-order valence-electron chi connectivity index (χ2n) is 3.69. The lowest BCUT2D eigenvalue weighted by Gasteiger charge is -2.09. The zero-order valence-corrected chi connectivity index (χ0v) is 9.43. The van der Waals surface area contributed by atoms with Gasteiger partial charge in [0.25, 0.3) is 0 Å². The van der Waals surface area contributed by atoms with Crippen molar-refractivity contribution in [2.75, 3.05) is 14.1 Å². The molecule has 0 saturated carbocycles. The first kappa shape index (κ1) is 11.6. The van der Waals surface area contributed by atoms with E-state index >= 15 is 0 Å². The Balaban J connectivity index is 2.79. The topological polar surface area (TPSA) is 47.2 Å². The molecule has 0 saturated heterocycles. The summed E-state index contributed by atoms with van der Waals surface area (Å²) in [5, 5.41) is 0. The number of carbonyl (C=O) groups excluding carboxylic acids is 1. The smallest absolute Gasteiger partial charge is 0.328 e. The van der Waals surface area contributed by atoms with Gasteiger partial charge in [-0.15, -0.1) is 0 Å². The van der Waals surface area contributed by atoms with Gasteiger partial charge in [-0.2, -0.15) is 0 Å². The summed E-state index contributed by atoms with van der Waals surface area (Å²) in [4.78, 5) is 24.5. The summed E-state index contributed by atoms with van der Waals surface area (Å²) < 4.78 is 3.04. The summed E-state index contributed by atoms with van der Waals surface area (Å²) in [6, 6.07) is 0. The molecule has 0 aliphatic rings. The van der Waals surface area contributed by atoms with E-state index in [0.717, 1.165) is 6.42 Å². The van der Waals surface area contributed by atoms with Crippen molar-refractivity contribution in [3.05, 3.63) is 22.9 Å². The number of aryl methyl sites for hydroxylation is 1. The monoisotopic (exact) mass is 211 g/mol. The van der Waals surface area contributed by atoms with E-state index in [4.69, 9.17) is 0 Å². The quantitative estimate of drug-likeness (QED) is 0.711. The Morgan fingerprint density at radius 2 is 1.93 bits per heavy atom. The second-order valence-corrected chi connectivity index (χ2v) is 3.69. The van der Waals surface area contributed by atoms with Crippen LogP contribution in [0.1, 0.15) is 13.3 Å². The molecule has 0 aliphatic heterocycles. The van der Waals surface area contributed by atoms with Crippen LogP contribution in [0.2, 0.25) is 0 Å². The van der Waals surface area contributed by atoms with E-state index < -0.39 is 0 Å². The van der Waals surface area contributed by atoms with Gasteiger partial charge in [0.2, 0.25) is 5.91 Å². The van der Waals surface area contributed by atoms with Gasteiger partial charge in [0.15, 0.2) is 0 Å². The number of likely N-dealkylation sites (N-methyl/N-ethyl adjacent to an activating group) is 1. The van der Waals surface area contributed by atoms with Crippen LogP contribution in [0.5, 0.6) is 0 Å². The first-order valence-electron chi connectivity index (χ1n) is 5.02. The average molecular weight is 211 g/mol. The fraction of sp³-hybridized carbons (Fsp3) is 0.600. The lowest BCUT2D eigenvalue weighted by Crippen LogP contribution is -2.32. The molecule has 0 aromatic carbocycles. The molecule has 0 spiro atoms. The van der Waals surface area contributed by atoms with Gasteiger partial charge in [-0.3, -0.25) is 13.9 Å². The Labute approximate surface area is 88.9 Å². The summed E-state index contributed by atoms with van der Waals surface area (Å²) in [6.45, 7) is 2.82. The zero-order valence-electron chi connectivity index (χ0n) is 9.43. The van der Waals surface area contributed by atoms with Gasteiger partial charge in [0.05, 0.1) is 0 Å². The number of imidazole rings is 1. The standard InChI is InChI=1S/C10H17N3O2/c1-4-5-12-6-7-13(10(12)15)8-9(14)11(2)3/h6-7H,4-5,8H2,1-3H3. The van der Waals surface area contributed by atoms with Gasteiger partial charge in [-0.1, -0.05) is 6.92 Å². The van der Waals surface area contributed by atoms with Gasteiger partial charge in [0.1, 0.15) is 6.54 Å². The Morgan fingerprint density at radius 1 is 1.33 bits per heavy atom. The SMILES string of the molecule is CCCn1ccn(CC(=O)N(C)C)c1=O. The first-order valence-corrected chi connectivity index (χ1v) is 5.02. The molecule has 5 heteroatoms. The number of nitrogens with zero attached hydrogens (tertiary/aromatic N) is 3. The molecule has 0 bridgehead atoms. The van der Waals surface area contributed by atoms with Crippen molar-refractivity contribution < 1.29 is 4.79 Å². The van der Waals surface area contributed by atoms with Crippen LogP contribution < -0.4 is 5.69 Å². The van der Waals surface area contributed by atoms with E-state index in [1.54, 1.807) is 31.1 Å². The van der Waals surface area contributed by atoms with Crippen molar-refractivity contribution in [3.63, 3.8) is 0 Å². The van der Waals surface area contributed by atoms with Crippen LogP contribution in [0.25, 0.3) is 0 Å². The van der Waals surface area contributed by atoms with Crippen LogP contribution in [0.4, 0.5) is 0 Å². The Hall–Kier alpha value is -1.52. The van der Waals surface area contributed by atoms with Crippen LogP contribution in [0.3, 0.4) is 0 Å². The van der Waals surface area contributed by atoms with Crippen molar-refractivity contribution in [1.29, 1.82) is 0 Å². The number of carbonyl (C=O) groups is 1. The van der Waals surface area contributed by atoms with Crippen LogP contribution in [-0.4, -0.2) is 34.0 Å². The highest BCUT2D eigenvalue weighted by molar-refractivity contribution is 5.75. The molecule has 15 heavy (non-hydrogen) atoms. The summed E-state index contributed by atoms with van der Waals surface area (Å²) in [6.07, 6.45) is 4.28. The largest absolute Gasteiger partial charge is 0.347 e. The molecule has 5 nitrogen and oxygen atoms in total. The summed E-state index contributed by atoms with van der Waals surface area (Å²) in [5.41, 5.74) is -0.118. The van der Waals surface area contributed by atoms with Crippen LogP contribution >= 0.6 is 0 Å². The number of rotatable bonds is 4. The van der Waals surface area contributed by atoms with E-state index in [2.05, 4.69) is 0 Å². The average Bonchev–Trinajstić information content (AvgIpc) is 2.50. The minimum absolute atomic E-state index is 0.0775. The normalized spacial score (nSPS) is 10.3. The van der Waals surface area contributed by atoms with Gasteiger partial charge < -0.3 is 4.90 Å². The maximum absolute atomic E-state index is 11.7. The third-order valence-electron chi connectivity index (χ3n) is 2.19. The molecule has 1 aromatic rings. The minimum Gasteiger partial charge on any atom is -0.347 e. The highest BCUT2D eigenvalue weighted by Gasteiger charge is 2.08. The van der Waals surface area contributed by atoms with E-state index in [9.17, 15) is 9.59 Å². The molecular weight excluding hydrogens is 194 g/mol. The van der Waals surface area contributed by atoms with Crippen molar-refractivity contribution in [3.8, 4) is 0 Å². The molecule has 0 N–H and O–H groups in total. The van der Waals surface area contributed by atoms with Crippen LogP contribution in [-0.2, 0) is 17.9 Å². The molecule has 1 amide bonds. The lowest BCUT2D eigenvalue weighted by molar-refractivity contribution is -0.129. The van der Waals surface area contributed by atoms with Crippen molar-refractivity contribution >= 4 is 5.91 Å². The molecule has 0 unspecified atom stereocenters. The van der Waals surface area contributed by atoms with E-state index in [0.29, 0.717) is 6.54 Å². The van der Waals surface area contributed by atoms with E-state index in [1.165, 1.54) is 9.47 Å².